The summed E-state index contributed by atoms with van der Waals surface area (Å²) in [6.45, 7) is 0.932. The van der Waals surface area contributed by atoms with Crippen LogP contribution in [0.4, 0.5) is 18.9 Å². The summed E-state index contributed by atoms with van der Waals surface area (Å²) in [4.78, 5) is 10.1. The van der Waals surface area contributed by atoms with Crippen molar-refractivity contribution in [2.24, 2.45) is 0 Å². The Hall–Kier alpha value is -2.65. The first-order valence-electron chi connectivity index (χ1n) is 9.04. The maximum Gasteiger partial charge on any atom is 0.434 e. The number of hydrogen-bond acceptors (Lipinski definition) is 6. The van der Waals surface area contributed by atoms with Gasteiger partial charge in [0.15, 0.2) is 5.69 Å². The van der Waals surface area contributed by atoms with Crippen LogP contribution in [0.15, 0.2) is 47.8 Å². The first-order chi connectivity index (χ1) is 13.9. The van der Waals surface area contributed by atoms with E-state index in [2.05, 4.69) is 9.97 Å². The molecule has 0 radical (unpaired) electrons. The van der Waals surface area contributed by atoms with E-state index in [0.29, 0.717) is 25.2 Å². The summed E-state index contributed by atoms with van der Waals surface area (Å²) in [5, 5.41) is 10.8. The zero-order chi connectivity index (χ0) is 20.4. The molecule has 0 amide bonds. The Morgan fingerprint density at radius 3 is 2.62 bits per heavy atom. The molecular formula is C20H18F3N3O2S. The summed E-state index contributed by atoms with van der Waals surface area (Å²) in [6.07, 6.45) is -4.10. The first-order valence-corrected chi connectivity index (χ1v) is 9.92. The number of aliphatic hydroxyl groups excluding tert-OH is 1. The lowest BCUT2D eigenvalue weighted by molar-refractivity contribution is -0.140. The molecule has 152 valence electrons. The summed E-state index contributed by atoms with van der Waals surface area (Å²) in [6, 6.07) is 13.5. The highest BCUT2D eigenvalue weighted by atomic mass is 32.1. The molecule has 0 aliphatic carbocycles. The van der Waals surface area contributed by atoms with Gasteiger partial charge in [0.1, 0.15) is 6.10 Å². The van der Waals surface area contributed by atoms with E-state index in [4.69, 9.17) is 4.74 Å². The lowest BCUT2D eigenvalue weighted by Gasteiger charge is -2.21. The molecule has 0 spiro atoms. The number of benzene rings is 1. The molecule has 3 aromatic rings. The van der Waals surface area contributed by atoms with Crippen molar-refractivity contribution in [2.45, 2.75) is 25.3 Å². The third kappa shape index (κ3) is 4.35. The molecule has 1 saturated heterocycles. The number of aromatic nitrogens is 2. The van der Waals surface area contributed by atoms with Crippen molar-refractivity contribution in [3.63, 3.8) is 0 Å². The van der Waals surface area contributed by atoms with Crippen LogP contribution in [0.2, 0.25) is 0 Å². The quantitative estimate of drug-likeness (QED) is 0.663. The van der Waals surface area contributed by atoms with Crippen LogP contribution in [0, 0.1) is 0 Å². The standard InChI is InChI=1S/C20H18F3N3O2S/c21-20(22,23)18-12-29-19(25-18)28-14-8-9-26(10-14)17-7-6-15(24-16(17)11-27)13-4-2-1-3-5-13/h1-7,12,14,27H,8-11H2. The van der Waals surface area contributed by atoms with Gasteiger partial charge in [-0.25, -0.2) is 4.98 Å². The highest BCUT2D eigenvalue weighted by Crippen LogP contribution is 2.34. The molecule has 9 heteroatoms. The van der Waals surface area contributed by atoms with Gasteiger partial charge < -0.3 is 14.7 Å². The number of halogens is 3. The fraction of sp³-hybridized carbons (Fsp3) is 0.300. The van der Waals surface area contributed by atoms with Crippen LogP contribution in [0.3, 0.4) is 0 Å². The van der Waals surface area contributed by atoms with Crippen LogP contribution >= 0.6 is 11.3 Å². The van der Waals surface area contributed by atoms with Gasteiger partial charge in [-0.1, -0.05) is 41.7 Å². The van der Waals surface area contributed by atoms with Crippen molar-refractivity contribution in [1.82, 2.24) is 9.97 Å². The molecule has 1 unspecified atom stereocenters. The van der Waals surface area contributed by atoms with Crippen LogP contribution in [-0.2, 0) is 12.8 Å². The van der Waals surface area contributed by atoms with Gasteiger partial charge in [0.2, 0.25) is 0 Å². The predicted molar refractivity (Wildman–Crippen MR) is 104 cm³/mol. The van der Waals surface area contributed by atoms with E-state index in [1.807, 2.05) is 47.4 Å². The van der Waals surface area contributed by atoms with Gasteiger partial charge in [-0.2, -0.15) is 18.2 Å². The minimum Gasteiger partial charge on any atom is -0.465 e. The lowest BCUT2D eigenvalue weighted by Crippen LogP contribution is -2.25. The maximum atomic E-state index is 12.7. The second-order valence-corrected chi connectivity index (χ2v) is 7.48. The Morgan fingerprint density at radius 2 is 1.93 bits per heavy atom. The molecule has 1 atom stereocenters. The molecule has 2 aromatic heterocycles. The fourth-order valence-electron chi connectivity index (χ4n) is 3.30. The summed E-state index contributed by atoms with van der Waals surface area (Å²) < 4.78 is 43.7. The van der Waals surface area contributed by atoms with Crippen molar-refractivity contribution >= 4 is 17.0 Å². The van der Waals surface area contributed by atoms with Crippen LogP contribution in [-0.4, -0.2) is 34.3 Å². The Labute approximate surface area is 169 Å². The van der Waals surface area contributed by atoms with E-state index in [9.17, 15) is 18.3 Å². The van der Waals surface area contributed by atoms with Crippen molar-refractivity contribution < 1.29 is 23.0 Å². The number of aliphatic hydroxyl groups is 1. The van der Waals surface area contributed by atoms with Gasteiger partial charge in [-0.15, -0.1) is 0 Å². The second kappa shape index (κ2) is 8.00. The average molecular weight is 421 g/mol. The third-order valence-corrected chi connectivity index (χ3v) is 5.43. The van der Waals surface area contributed by atoms with Gasteiger partial charge in [0.25, 0.3) is 5.19 Å². The first kappa shape index (κ1) is 19.7. The third-order valence-electron chi connectivity index (χ3n) is 4.70. The Balaban J connectivity index is 1.46. The molecule has 0 saturated carbocycles. The van der Waals surface area contributed by atoms with Gasteiger partial charge in [0, 0.05) is 23.9 Å². The molecule has 1 aliphatic heterocycles. The molecule has 1 N–H and O–H groups in total. The van der Waals surface area contributed by atoms with Crippen molar-refractivity contribution in [3.05, 3.63) is 59.2 Å². The average Bonchev–Trinajstić information content (AvgIpc) is 3.38. The van der Waals surface area contributed by atoms with Crippen molar-refractivity contribution in [1.29, 1.82) is 0 Å². The maximum absolute atomic E-state index is 12.7. The summed E-state index contributed by atoms with van der Waals surface area (Å²) in [7, 11) is 0. The van der Waals surface area contributed by atoms with E-state index in [-0.39, 0.29) is 17.9 Å². The highest BCUT2D eigenvalue weighted by Gasteiger charge is 2.35. The Bertz CT molecular complexity index is 979. The highest BCUT2D eigenvalue weighted by molar-refractivity contribution is 7.11. The fourth-order valence-corrected chi connectivity index (χ4v) is 4.04. The summed E-state index contributed by atoms with van der Waals surface area (Å²) in [5.41, 5.74) is 2.15. The van der Waals surface area contributed by atoms with E-state index in [1.165, 1.54) is 0 Å². The number of hydrogen-bond donors (Lipinski definition) is 1. The van der Waals surface area contributed by atoms with Crippen LogP contribution in [0.25, 0.3) is 11.3 Å². The smallest absolute Gasteiger partial charge is 0.434 e. The Kier molecular flexibility index (Phi) is 5.42. The topological polar surface area (TPSA) is 58.5 Å². The Morgan fingerprint density at radius 1 is 1.14 bits per heavy atom. The molecule has 1 fully saturated rings. The number of nitrogens with zero attached hydrogens (tertiary/aromatic N) is 3. The number of alkyl halides is 3. The number of pyridine rings is 1. The van der Waals surface area contributed by atoms with Crippen LogP contribution in [0.5, 0.6) is 5.19 Å². The van der Waals surface area contributed by atoms with Crippen LogP contribution < -0.4 is 9.64 Å². The normalized spacial score (nSPS) is 17.0. The van der Waals surface area contributed by atoms with E-state index >= 15 is 0 Å². The number of anilines is 1. The van der Waals surface area contributed by atoms with E-state index in [0.717, 1.165) is 33.7 Å². The molecule has 0 bridgehead atoms. The monoisotopic (exact) mass is 421 g/mol. The molecule has 5 nitrogen and oxygen atoms in total. The van der Waals surface area contributed by atoms with Crippen LogP contribution in [0.1, 0.15) is 17.8 Å². The van der Waals surface area contributed by atoms with Gasteiger partial charge in [0.05, 0.1) is 30.2 Å². The summed E-state index contributed by atoms with van der Waals surface area (Å²) in [5.74, 6) is 0. The molecule has 29 heavy (non-hydrogen) atoms. The second-order valence-electron chi connectivity index (χ2n) is 6.66. The zero-order valence-corrected chi connectivity index (χ0v) is 16.1. The molecule has 1 aliphatic rings. The lowest BCUT2D eigenvalue weighted by atomic mass is 10.1. The largest absolute Gasteiger partial charge is 0.465 e. The van der Waals surface area contributed by atoms with Crippen molar-refractivity contribution in [3.8, 4) is 16.5 Å². The minimum absolute atomic E-state index is 0.0177. The zero-order valence-electron chi connectivity index (χ0n) is 15.3. The minimum atomic E-state index is -4.47. The van der Waals surface area contributed by atoms with Gasteiger partial charge >= 0.3 is 6.18 Å². The number of ether oxygens (including phenoxy) is 1. The number of rotatable bonds is 5. The molecule has 1 aromatic carbocycles. The predicted octanol–water partition coefficient (Wildman–Crippen LogP) is 4.37. The molecule has 4 rings (SSSR count). The van der Waals surface area contributed by atoms with Gasteiger partial charge in [-0.3, -0.25) is 0 Å². The van der Waals surface area contributed by atoms with E-state index < -0.39 is 11.9 Å². The molecule has 3 heterocycles. The number of thiazole rings is 1. The SMILES string of the molecule is OCc1nc(-c2ccccc2)ccc1N1CCC(Oc2nc(C(F)(F)F)cs2)C1. The van der Waals surface area contributed by atoms with Gasteiger partial charge in [-0.05, 0) is 12.1 Å². The molecular weight excluding hydrogens is 403 g/mol. The van der Waals surface area contributed by atoms with E-state index in [1.54, 1.807) is 0 Å². The summed E-state index contributed by atoms with van der Waals surface area (Å²) >= 11 is 0.843. The van der Waals surface area contributed by atoms with Crippen molar-refractivity contribution in [2.75, 3.05) is 18.0 Å².